The van der Waals surface area contributed by atoms with E-state index in [0.29, 0.717) is 44.1 Å². The van der Waals surface area contributed by atoms with E-state index in [1.165, 1.54) is 0 Å². The van der Waals surface area contributed by atoms with Crippen LogP contribution in [-0.2, 0) is 9.59 Å². The molecular weight excluding hydrogens is 529 g/mol. The summed E-state index contributed by atoms with van der Waals surface area (Å²) in [7, 11) is 0. The standard InChI is InChI=1S/C33H47F3N2O3/c1-27(2)10-12-32(26(41)38-18-33(34,35)36)13-11-31(7)24(20(32)16-27)21(39)14-23-29(5)15-19(17-37)25(40)28(3,4)22(29)8-9-30(23,31)6/h20,22-24,40H,8-16,18H2,1-7H3,(H,38,41)/t20-,22-,23+,24-,29-,30+,31+,32-/m0/s1. The van der Waals surface area contributed by atoms with Crippen molar-refractivity contribution in [2.24, 2.45) is 56.2 Å². The number of nitrogens with zero attached hydrogens (tertiary/aromatic N) is 1. The summed E-state index contributed by atoms with van der Waals surface area (Å²) in [6.45, 7) is 13.7. The molecule has 5 aliphatic carbocycles. The molecule has 0 aliphatic heterocycles. The first kappa shape index (κ1) is 30.4. The van der Waals surface area contributed by atoms with Crippen LogP contribution in [0.25, 0.3) is 0 Å². The molecule has 0 aromatic carbocycles. The largest absolute Gasteiger partial charge is 0.511 e. The molecule has 0 spiro atoms. The Labute approximate surface area is 242 Å². The first-order chi connectivity index (χ1) is 18.7. The van der Waals surface area contributed by atoms with E-state index in [2.05, 4.69) is 46.0 Å². The van der Waals surface area contributed by atoms with Gasteiger partial charge in [0.15, 0.2) is 0 Å². The van der Waals surface area contributed by atoms with Crippen LogP contribution in [0.1, 0.15) is 106 Å². The molecule has 4 saturated carbocycles. The van der Waals surface area contributed by atoms with Crippen LogP contribution < -0.4 is 5.32 Å². The number of aliphatic hydroxyl groups is 1. The molecule has 0 heterocycles. The van der Waals surface area contributed by atoms with Crippen LogP contribution >= 0.6 is 0 Å². The number of nitriles is 1. The fraction of sp³-hybridized carbons (Fsp3) is 0.848. The van der Waals surface area contributed by atoms with Crippen molar-refractivity contribution >= 4 is 11.7 Å². The van der Waals surface area contributed by atoms with Gasteiger partial charge in [-0.05, 0) is 90.8 Å². The molecule has 0 bridgehead atoms. The first-order valence-electron chi connectivity index (χ1n) is 15.4. The Bertz CT molecular complexity index is 1230. The molecule has 41 heavy (non-hydrogen) atoms. The Balaban J connectivity index is 1.58. The average Bonchev–Trinajstić information content (AvgIpc) is 2.85. The van der Waals surface area contributed by atoms with Gasteiger partial charge in [0.25, 0.3) is 0 Å². The van der Waals surface area contributed by atoms with E-state index in [9.17, 15) is 33.1 Å². The number of hydrogen-bond donors (Lipinski definition) is 2. The molecule has 5 nitrogen and oxygen atoms in total. The van der Waals surface area contributed by atoms with Crippen molar-refractivity contribution in [3.8, 4) is 6.07 Å². The number of carbonyl (C=O) groups excluding carboxylic acids is 2. The van der Waals surface area contributed by atoms with E-state index in [4.69, 9.17) is 0 Å². The lowest BCUT2D eigenvalue weighted by atomic mass is 9.31. The topological polar surface area (TPSA) is 90.2 Å². The molecule has 0 aromatic heterocycles. The molecule has 1 amide bonds. The highest BCUT2D eigenvalue weighted by molar-refractivity contribution is 5.88. The third-order valence-corrected chi connectivity index (χ3v) is 13.6. The zero-order valence-electron chi connectivity index (χ0n) is 25.7. The van der Waals surface area contributed by atoms with Gasteiger partial charge >= 0.3 is 6.18 Å². The van der Waals surface area contributed by atoms with Crippen molar-refractivity contribution in [1.82, 2.24) is 5.32 Å². The van der Waals surface area contributed by atoms with Gasteiger partial charge in [-0.2, -0.15) is 18.4 Å². The van der Waals surface area contributed by atoms with E-state index in [0.717, 1.165) is 19.3 Å². The van der Waals surface area contributed by atoms with Gasteiger partial charge in [-0.25, -0.2) is 0 Å². The van der Waals surface area contributed by atoms with E-state index in [-0.39, 0.29) is 45.5 Å². The van der Waals surface area contributed by atoms with Crippen molar-refractivity contribution in [3.05, 3.63) is 11.3 Å². The predicted molar refractivity (Wildman–Crippen MR) is 149 cm³/mol. The molecular formula is C33H47F3N2O3. The maximum absolute atomic E-state index is 14.5. The Morgan fingerprint density at radius 3 is 2.24 bits per heavy atom. The number of rotatable bonds is 2. The van der Waals surface area contributed by atoms with Crippen LogP contribution in [0.4, 0.5) is 13.2 Å². The number of ketones is 1. The second kappa shape index (κ2) is 8.99. The van der Waals surface area contributed by atoms with Crippen molar-refractivity contribution in [3.63, 3.8) is 0 Å². The van der Waals surface area contributed by atoms with Gasteiger partial charge in [-0.15, -0.1) is 0 Å². The lowest BCUT2D eigenvalue weighted by Crippen LogP contribution is -2.69. The second-order valence-electron chi connectivity index (χ2n) is 16.4. The number of carbonyl (C=O) groups is 2. The summed E-state index contributed by atoms with van der Waals surface area (Å²) < 4.78 is 39.5. The van der Waals surface area contributed by atoms with Gasteiger partial charge in [0.2, 0.25) is 5.91 Å². The molecule has 4 fully saturated rings. The molecule has 0 saturated heterocycles. The van der Waals surface area contributed by atoms with Crippen molar-refractivity contribution in [2.75, 3.05) is 6.54 Å². The van der Waals surface area contributed by atoms with Gasteiger partial charge in [0.1, 0.15) is 18.1 Å². The molecule has 0 radical (unpaired) electrons. The summed E-state index contributed by atoms with van der Waals surface area (Å²) in [5, 5.41) is 23.2. The Kier molecular flexibility index (Phi) is 6.67. The Morgan fingerprint density at radius 2 is 1.63 bits per heavy atom. The van der Waals surface area contributed by atoms with Crippen LogP contribution in [0, 0.1) is 67.5 Å². The fourth-order valence-electron chi connectivity index (χ4n) is 11.4. The molecule has 0 aromatic rings. The number of Topliss-reactive ketones (excluding diaryl/α,β-unsaturated/α-hetero) is 1. The van der Waals surface area contributed by atoms with Gasteiger partial charge in [0.05, 0.1) is 17.1 Å². The van der Waals surface area contributed by atoms with Crippen LogP contribution in [0.5, 0.6) is 0 Å². The van der Waals surface area contributed by atoms with Gasteiger partial charge < -0.3 is 10.4 Å². The molecule has 2 N–H and O–H groups in total. The summed E-state index contributed by atoms with van der Waals surface area (Å²) in [6, 6.07) is 2.26. The molecule has 5 aliphatic rings. The van der Waals surface area contributed by atoms with Crippen LogP contribution in [0.3, 0.4) is 0 Å². The first-order valence-corrected chi connectivity index (χ1v) is 15.4. The van der Waals surface area contributed by atoms with E-state index >= 15 is 0 Å². The zero-order chi connectivity index (χ0) is 30.6. The number of fused-ring (bicyclic) bond motifs is 7. The summed E-state index contributed by atoms with van der Waals surface area (Å²) in [5.41, 5.74) is -2.29. The third-order valence-electron chi connectivity index (χ3n) is 13.6. The number of nitrogens with one attached hydrogen (secondary N) is 1. The number of amides is 1. The SMILES string of the molecule is CC1(C)CC[C@]2(C(=O)NCC(F)(F)F)CC[C@]3(C)[C@H](C(=O)C[C@@H]4[C@@]5(C)CC(C#N)=C(O)C(C)(C)[C@@H]5CC[C@]43C)[C@@H]2C1. The van der Waals surface area contributed by atoms with Crippen molar-refractivity contribution in [2.45, 2.75) is 112 Å². The highest BCUT2D eigenvalue weighted by Crippen LogP contribution is 2.76. The van der Waals surface area contributed by atoms with Crippen molar-refractivity contribution < 1.29 is 27.9 Å². The lowest BCUT2D eigenvalue weighted by molar-refractivity contribution is -0.230. The molecule has 228 valence electrons. The van der Waals surface area contributed by atoms with E-state index < -0.39 is 40.8 Å². The fourth-order valence-corrected chi connectivity index (χ4v) is 11.4. The minimum atomic E-state index is -4.49. The number of allylic oxidation sites excluding steroid dienone is 2. The minimum Gasteiger partial charge on any atom is -0.511 e. The predicted octanol–water partition coefficient (Wildman–Crippen LogP) is 7.67. The summed E-state index contributed by atoms with van der Waals surface area (Å²) >= 11 is 0. The Hall–Kier alpha value is -2.04. The van der Waals surface area contributed by atoms with Gasteiger partial charge in [-0.3, -0.25) is 9.59 Å². The maximum Gasteiger partial charge on any atom is 0.405 e. The number of hydrogen-bond acceptors (Lipinski definition) is 4. The zero-order valence-corrected chi connectivity index (χ0v) is 25.7. The minimum absolute atomic E-state index is 0.00128. The summed E-state index contributed by atoms with van der Waals surface area (Å²) in [4.78, 5) is 28.2. The molecule has 8 heteroatoms. The van der Waals surface area contributed by atoms with Crippen LogP contribution in [-0.4, -0.2) is 29.5 Å². The number of aliphatic hydroxyl groups excluding tert-OH is 1. The number of alkyl halides is 3. The van der Waals surface area contributed by atoms with E-state index in [1.54, 1.807) is 0 Å². The molecule has 0 unspecified atom stereocenters. The summed E-state index contributed by atoms with van der Waals surface area (Å²) in [6.07, 6.45) is 1.01. The Morgan fingerprint density at radius 1 is 1.00 bits per heavy atom. The summed E-state index contributed by atoms with van der Waals surface area (Å²) in [5.74, 6) is -0.831. The third kappa shape index (κ3) is 4.13. The quantitative estimate of drug-likeness (QED) is 0.353. The maximum atomic E-state index is 14.5. The van der Waals surface area contributed by atoms with Gasteiger partial charge in [-0.1, -0.05) is 48.5 Å². The van der Waals surface area contributed by atoms with E-state index in [1.807, 2.05) is 13.8 Å². The number of halogens is 3. The monoisotopic (exact) mass is 576 g/mol. The average molecular weight is 577 g/mol. The van der Waals surface area contributed by atoms with Crippen LogP contribution in [0.15, 0.2) is 11.3 Å². The molecule has 5 rings (SSSR count). The normalized spacial score (nSPS) is 45.0. The molecule has 8 atom stereocenters. The highest BCUT2D eigenvalue weighted by atomic mass is 19.4. The van der Waals surface area contributed by atoms with Crippen LogP contribution in [0.2, 0.25) is 0 Å². The second-order valence-corrected chi connectivity index (χ2v) is 16.4. The lowest BCUT2D eigenvalue weighted by Gasteiger charge is -2.72. The smallest absolute Gasteiger partial charge is 0.405 e. The van der Waals surface area contributed by atoms with Crippen molar-refractivity contribution in [1.29, 1.82) is 5.26 Å². The van der Waals surface area contributed by atoms with Gasteiger partial charge in [0, 0.05) is 17.8 Å². The highest BCUT2D eigenvalue weighted by Gasteiger charge is 2.73.